The molecule has 0 spiro atoms. The summed E-state index contributed by atoms with van der Waals surface area (Å²) in [5.74, 6) is 0.830. The van der Waals surface area contributed by atoms with Crippen LogP contribution < -0.4 is 4.74 Å². The topological polar surface area (TPSA) is 58.6 Å². The number of hydrogen-bond acceptors (Lipinski definition) is 5. The predicted octanol–water partition coefficient (Wildman–Crippen LogP) is 2.87. The molecule has 6 nitrogen and oxygen atoms in total. The molecule has 26 heavy (non-hydrogen) atoms. The van der Waals surface area contributed by atoms with Crippen LogP contribution in [0.1, 0.15) is 26.7 Å². The zero-order chi connectivity index (χ0) is 18.5. The van der Waals surface area contributed by atoms with Crippen LogP contribution in [0.25, 0.3) is 11.0 Å². The van der Waals surface area contributed by atoms with Crippen molar-refractivity contribution in [3.8, 4) is 5.75 Å². The number of carbonyl (C=O) groups excluding carboxylic acids is 1. The third-order valence-electron chi connectivity index (χ3n) is 4.75. The minimum Gasteiger partial charge on any atom is -0.432 e. The molecule has 138 valence electrons. The molecule has 3 rings (SSSR count). The van der Waals surface area contributed by atoms with Gasteiger partial charge in [0.2, 0.25) is 5.91 Å². The zero-order valence-corrected chi connectivity index (χ0v) is 16.0. The number of thiocarbonyl (C=S) groups is 1. The highest BCUT2D eigenvalue weighted by Crippen LogP contribution is 2.22. The highest BCUT2D eigenvalue weighted by atomic mass is 32.1. The van der Waals surface area contributed by atoms with E-state index in [1.54, 1.807) is 12.4 Å². The molecule has 1 aliphatic heterocycles. The van der Waals surface area contributed by atoms with Crippen LogP contribution in [0.2, 0.25) is 0 Å². The number of piperidine rings is 1. The van der Waals surface area contributed by atoms with E-state index in [2.05, 4.69) is 9.97 Å². The zero-order valence-electron chi connectivity index (χ0n) is 15.2. The lowest BCUT2D eigenvalue weighted by Crippen LogP contribution is -2.47. The summed E-state index contributed by atoms with van der Waals surface area (Å²) < 4.78 is 5.87. The molecule has 0 aliphatic carbocycles. The van der Waals surface area contributed by atoms with E-state index < -0.39 is 0 Å². The number of aromatic nitrogens is 2. The van der Waals surface area contributed by atoms with Crippen LogP contribution in [0.4, 0.5) is 0 Å². The lowest BCUT2D eigenvalue weighted by Gasteiger charge is -2.35. The molecule has 1 fully saturated rings. The van der Waals surface area contributed by atoms with Crippen LogP contribution in [-0.4, -0.2) is 57.0 Å². The summed E-state index contributed by atoms with van der Waals surface area (Å²) >= 11 is 5.48. The summed E-state index contributed by atoms with van der Waals surface area (Å²) in [6.07, 6.45) is 5.15. The van der Waals surface area contributed by atoms with Crippen LogP contribution >= 0.6 is 12.2 Å². The van der Waals surface area contributed by atoms with Gasteiger partial charge >= 0.3 is 0 Å². The summed E-state index contributed by atoms with van der Waals surface area (Å²) in [6, 6.07) is 5.53. The van der Waals surface area contributed by atoms with Crippen molar-refractivity contribution in [1.82, 2.24) is 19.8 Å². The average molecular weight is 372 g/mol. The predicted molar refractivity (Wildman–Crippen MR) is 105 cm³/mol. The number of nitrogens with zero attached hydrogens (tertiary/aromatic N) is 4. The Morgan fingerprint density at radius 3 is 2.73 bits per heavy atom. The van der Waals surface area contributed by atoms with Gasteiger partial charge in [-0.05, 0) is 51.0 Å². The first kappa shape index (κ1) is 18.5. The van der Waals surface area contributed by atoms with E-state index in [4.69, 9.17) is 17.0 Å². The molecule has 1 amide bonds. The first-order chi connectivity index (χ1) is 12.6. The fourth-order valence-corrected chi connectivity index (χ4v) is 3.57. The summed E-state index contributed by atoms with van der Waals surface area (Å²) in [5, 5.41) is 0.408. The van der Waals surface area contributed by atoms with Gasteiger partial charge in [-0.2, -0.15) is 0 Å². The Morgan fingerprint density at radius 2 is 2.00 bits per heavy atom. The van der Waals surface area contributed by atoms with Crippen LogP contribution in [0.3, 0.4) is 0 Å². The van der Waals surface area contributed by atoms with Crippen molar-refractivity contribution in [3.63, 3.8) is 0 Å². The molecule has 1 aromatic carbocycles. The van der Waals surface area contributed by atoms with E-state index in [1.807, 2.05) is 41.8 Å². The molecule has 0 saturated carbocycles. The molecule has 1 atom stereocenters. The van der Waals surface area contributed by atoms with Crippen molar-refractivity contribution >= 4 is 34.3 Å². The number of hydrogen-bond donors (Lipinski definition) is 0. The minimum absolute atomic E-state index is 0.0207. The Hall–Kier alpha value is -2.28. The van der Waals surface area contributed by atoms with E-state index >= 15 is 0 Å². The van der Waals surface area contributed by atoms with Crippen molar-refractivity contribution in [1.29, 1.82) is 0 Å². The van der Waals surface area contributed by atoms with Gasteiger partial charge in [0, 0.05) is 44.6 Å². The molecular formula is C19H24N4O2S. The molecule has 0 radical (unpaired) electrons. The minimum atomic E-state index is -0.0207. The summed E-state index contributed by atoms with van der Waals surface area (Å²) in [5.41, 5.74) is 1.58. The molecule has 7 heteroatoms. The fourth-order valence-electron chi connectivity index (χ4n) is 3.31. The molecule has 2 heterocycles. The SMILES string of the molecule is CCN(CC)C(=O)[C@H]1CCCN(C(=S)Oc2ccc3nccnc3c2)C1. The number of fused-ring (bicyclic) bond motifs is 1. The normalized spacial score (nSPS) is 17.2. The molecule has 1 aliphatic rings. The highest BCUT2D eigenvalue weighted by molar-refractivity contribution is 7.80. The van der Waals surface area contributed by atoms with E-state index in [-0.39, 0.29) is 11.8 Å². The Kier molecular flexibility index (Phi) is 5.98. The van der Waals surface area contributed by atoms with Gasteiger partial charge in [-0.25, -0.2) is 0 Å². The smallest absolute Gasteiger partial charge is 0.264 e. The summed E-state index contributed by atoms with van der Waals surface area (Å²) in [4.78, 5) is 25.0. The Balaban J connectivity index is 1.65. The van der Waals surface area contributed by atoms with Gasteiger partial charge in [-0.1, -0.05) is 0 Å². The van der Waals surface area contributed by atoms with Crippen molar-refractivity contribution in [2.45, 2.75) is 26.7 Å². The van der Waals surface area contributed by atoms with Gasteiger partial charge in [0.25, 0.3) is 5.17 Å². The van der Waals surface area contributed by atoms with Crippen molar-refractivity contribution in [3.05, 3.63) is 30.6 Å². The van der Waals surface area contributed by atoms with Crippen molar-refractivity contribution < 1.29 is 9.53 Å². The molecule has 1 saturated heterocycles. The third-order valence-corrected chi connectivity index (χ3v) is 5.09. The fraction of sp³-hybridized carbons (Fsp3) is 0.474. The van der Waals surface area contributed by atoms with Crippen molar-refractivity contribution in [2.24, 2.45) is 5.92 Å². The number of benzene rings is 1. The standard InChI is InChI=1S/C19H24N4O2S/c1-3-22(4-2)18(24)14-6-5-11-23(13-14)19(26)25-15-7-8-16-17(12-15)21-10-9-20-16/h7-10,12,14H,3-6,11,13H2,1-2H3/t14-/m0/s1. The van der Waals surface area contributed by atoms with Gasteiger partial charge in [-0.15, -0.1) is 0 Å². The van der Waals surface area contributed by atoms with Gasteiger partial charge in [0.1, 0.15) is 5.75 Å². The molecule has 2 aromatic rings. The maximum absolute atomic E-state index is 12.6. The molecule has 1 aromatic heterocycles. The maximum atomic E-state index is 12.6. The lowest BCUT2D eigenvalue weighted by atomic mass is 9.97. The largest absolute Gasteiger partial charge is 0.432 e. The molecule has 0 unspecified atom stereocenters. The quantitative estimate of drug-likeness (QED) is 0.769. The van der Waals surface area contributed by atoms with E-state index in [1.165, 1.54) is 0 Å². The van der Waals surface area contributed by atoms with Crippen molar-refractivity contribution in [2.75, 3.05) is 26.2 Å². The van der Waals surface area contributed by atoms with Crippen LogP contribution in [-0.2, 0) is 4.79 Å². The van der Waals surface area contributed by atoms with E-state index in [0.29, 0.717) is 17.5 Å². The second-order valence-corrected chi connectivity index (χ2v) is 6.72. The summed E-state index contributed by atoms with van der Waals surface area (Å²) in [6.45, 7) is 6.93. The Labute approximate surface area is 159 Å². The number of amides is 1. The van der Waals surface area contributed by atoms with Gasteiger partial charge < -0.3 is 14.5 Å². The van der Waals surface area contributed by atoms with E-state index in [0.717, 1.165) is 43.5 Å². The molecule has 0 N–H and O–H groups in total. The van der Waals surface area contributed by atoms with Crippen LogP contribution in [0, 0.1) is 5.92 Å². The average Bonchev–Trinajstić information content (AvgIpc) is 2.69. The van der Waals surface area contributed by atoms with Gasteiger partial charge in [-0.3, -0.25) is 14.8 Å². The second kappa shape index (κ2) is 8.40. The highest BCUT2D eigenvalue weighted by Gasteiger charge is 2.30. The first-order valence-corrected chi connectivity index (χ1v) is 9.49. The van der Waals surface area contributed by atoms with Crippen LogP contribution in [0.15, 0.2) is 30.6 Å². The summed E-state index contributed by atoms with van der Waals surface area (Å²) in [7, 11) is 0. The Morgan fingerprint density at radius 1 is 1.27 bits per heavy atom. The lowest BCUT2D eigenvalue weighted by molar-refractivity contribution is -0.136. The number of ether oxygens (including phenoxy) is 1. The van der Waals surface area contributed by atoms with E-state index in [9.17, 15) is 4.79 Å². The van der Waals surface area contributed by atoms with Gasteiger partial charge in [0.15, 0.2) is 0 Å². The first-order valence-electron chi connectivity index (χ1n) is 9.08. The monoisotopic (exact) mass is 372 g/mol. The number of carbonyl (C=O) groups is 1. The maximum Gasteiger partial charge on any atom is 0.264 e. The third kappa shape index (κ3) is 4.09. The van der Waals surface area contributed by atoms with Gasteiger partial charge in [0.05, 0.1) is 17.0 Å². The Bertz CT molecular complexity index is 794. The number of rotatable bonds is 4. The second-order valence-electron chi connectivity index (χ2n) is 6.37. The number of likely N-dealkylation sites (tertiary alicyclic amines) is 1. The van der Waals surface area contributed by atoms with Crippen LogP contribution in [0.5, 0.6) is 5.75 Å². The molecular weight excluding hydrogens is 348 g/mol. The molecule has 0 bridgehead atoms.